The molecule has 0 atom stereocenters. The van der Waals surface area contributed by atoms with E-state index in [4.69, 9.17) is 42.6 Å². The molecule has 0 radical (unpaired) electrons. The lowest BCUT2D eigenvalue weighted by molar-refractivity contribution is -0.145. The Balaban J connectivity index is 3.08. The molecule has 0 aliphatic carbocycles. The molecule has 0 aromatic heterocycles. The summed E-state index contributed by atoms with van der Waals surface area (Å²) in [6, 6.07) is 0. The Hall–Kier alpha value is -0.850. The van der Waals surface area contributed by atoms with Crippen molar-refractivity contribution in [1.82, 2.24) is 0 Å². The Labute approximate surface area is 301 Å². The molecule has 0 spiro atoms. The SMILES string of the molecule is CCCCCCCCCCCCCCCCOCCOCCOCCOCCOCCOCCOCCOCCOC(=O)CCCCCC. The van der Waals surface area contributed by atoms with Gasteiger partial charge in [-0.2, -0.15) is 0 Å². The topological polar surface area (TPSA) is 100 Å². The molecule has 0 saturated carbocycles. The van der Waals surface area contributed by atoms with E-state index in [0.29, 0.717) is 112 Å². The van der Waals surface area contributed by atoms with Gasteiger partial charge in [0.15, 0.2) is 0 Å². The first-order chi connectivity index (χ1) is 24.3. The molecule has 0 N–H and O–H groups in total. The standard InChI is InChI=1S/C39H78O10/c1-3-5-7-9-10-11-12-13-14-15-16-17-18-20-22-41-23-24-42-25-26-43-27-28-44-29-30-45-31-32-46-33-34-47-35-36-48-37-38-49-39(40)21-19-8-6-4-2/h3-38H2,1-2H3. The molecule has 0 aromatic rings. The van der Waals surface area contributed by atoms with E-state index in [9.17, 15) is 4.79 Å². The Bertz CT molecular complexity index is 610. The Morgan fingerprint density at radius 1 is 0.286 bits per heavy atom. The van der Waals surface area contributed by atoms with Crippen LogP contribution in [0.5, 0.6) is 0 Å². The molecular weight excluding hydrogens is 628 g/mol. The van der Waals surface area contributed by atoms with Crippen LogP contribution in [0, 0.1) is 0 Å². The van der Waals surface area contributed by atoms with Gasteiger partial charge < -0.3 is 42.6 Å². The third-order valence-electron chi connectivity index (χ3n) is 7.97. The molecule has 0 bridgehead atoms. The summed E-state index contributed by atoms with van der Waals surface area (Å²) >= 11 is 0. The van der Waals surface area contributed by atoms with E-state index in [-0.39, 0.29) is 5.97 Å². The highest BCUT2D eigenvalue weighted by Crippen LogP contribution is 2.13. The van der Waals surface area contributed by atoms with E-state index in [1.165, 1.54) is 83.5 Å². The first-order valence-electron chi connectivity index (χ1n) is 20.1. The van der Waals surface area contributed by atoms with Crippen LogP contribution in [0.4, 0.5) is 0 Å². The fraction of sp³-hybridized carbons (Fsp3) is 0.974. The number of ether oxygens (including phenoxy) is 9. The maximum atomic E-state index is 11.6. The fourth-order valence-corrected chi connectivity index (χ4v) is 5.02. The molecule has 0 fully saturated rings. The van der Waals surface area contributed by atoms with E-state index in [1.807, 2.05) is 0 Å². The lowest BCUT2D eigenvalue weighted by Gasteiger charge is -2.09. The van der Waals surface area contributed by atoms with Crippen molar-refractivity contribution in [3.63, 3.8) is 0 Å². The van der Waals surface area contributed by atoms with Gasteiger partial charge in [-0.3, -0.25) is 4.79 Å². The van der Waals surface area contributed by atoms with Gasteiger partial charge in [0.2, 0.25) is 0 Å². The van der Waals surface area contributed by atoms with Crippen molar-refractivity contribution in [3.05, 3.63) is 0 Å². The molecule has 10 heteroatoms. The van der Waals surface area contributed by atoms with Crippen LogP contribution in [0.3, 0.4) is 0 Å². The zero-order valence-electron chi connectivity index (χ0n) is 32.0. The van der Waals surface area contributed by atoms with Gasteiger partial charge in [-0.25, -0.2) is 0 Å². The lowest BCUT2D eigenvalue weighted by Crippen LogP contribution is -2.15. The summed E-state index contributed by atoms with van der Waals surface area (Å²) in [5.41, 5.74) is 0. The third-order valence-corrected chi connectivity index (χ3v) is 7.97. The predicted octanol–water partition coefficient (Wildman–Crippen LogP) is 8.11. The number of unbranched alkanes of at least 4 members (excludes halogenated alkanes) is 16. The third kappa shape index (κ3) is 45.1. The van der Waals surface area contributed by atoms with Crippen LogP contribution in [-0.4, -0.2) is 118 Å². The smallest absolute Gasteiger partial charge is 0.305 e. The van der Waals surface area contributed by atoms with Crippen LogP contribution >= 0.6 is 0 Å². The average Bonchev–Trinajstić information content (AvgIpc) is 3.11. The van der Waals surface area contributed by atoms with Gasteiger partial charge in [-0.1, -0.05) is 117 Å². The first kappa shape index (κ1) is 48.1. The van der Waals surface area contributed by atoms with Gasteiger partial charge in [0, 0.05) is 13.0 Å². The van der Waals surface area contributed by atoms with Gasteiger partial charge >= 0.3 is 5.97 Å². The quantitative estimate of drug-likeness (QED) is 0.0456. The number of carbonyl (C=O) groups is 1. The molecule has 0 rings (SSSR count). The van der Waals surface area contributed by atoms with Gasteiger partial charge in [-0.15, -0.1) is 0 Å². The highest BCUT2D eigenvalue weighted by Gasteiger charge is 2.02. The molecule has 294 valence electrons. The van der Waals surface area contributed by atoms with E-state index in [2.05, 4.69) is 13.8 Å². The highest BCUT2D eigenvalue weighted by atomic mass is 16.6. The molecule has 0 heterocycles. The maximum absolute atomic E-state index is 11.6. The maximum Gasteiger partial charge on any atom is 0.305 e. The van der Waals surface area contributed by atoms with Crippen LogP contribution in [0.25, 0.3) is 0 Å². The summed E-state index contributed by atoms with van der Waals surface area (Å²) in [5.74, 6) is -0.145. The van der Waals surface area contributed by atoms with E-state index >= 15 is 0 Å². The molecule has 49 heavy (non-hydrogen) atoms. The first-order valence-corrected chi connectivity index (χ1v) is 20.1. The zero-order valence-corrected chi connectivity index (χ0v) is 32.0. The van der Waals surface area contributed by atoms with Crippen LogP contribution in [0.1, 0.15) is 136 Å². The van der Waals surface area contributed by atoms with Crippen molar-refractivity contribution in [2.45, 2.75) is 136 Å². The molecule has 0 aromatic carbocycles. The van der Waals surface area contributed by atoms with Crippen LogP contribution < -0.4 is 0 Å². The van der Waals surface area contributed by atoms with E-state index in [1.54, 1.807) is 0 Å². The second-order valence-electron chi connectivity index (χ2n) is 12.5. The number of carbonyl (C=O) groups excluding carboxylic acids is 1. The fourth-order valence-electron chi connectivity index (χ4n) is 5.02. The van der Waals surface area contributed by atoms with Crippen molar-refractivity contribution < 1.29 is 47.4 Å². The minimum atomic E-state index is -0.145. The van der Waals surface area contributed by atoms with Crippen molar-refractivity contribution in [2.24, 2.45) is 0 Å². The Kier molecular flexibility index (Phi) is 44.4. The average molecular weight is 707 g/mol. The van der Waals surface area contributed by atoms with Crippen LogP contribution in [0.2, 0.25) is 0 Å². The van der Waals surface area contributed by atoms with E-state index < -0.39 is 0 Å². The summed E-state index contributed by atoms with van der Waals surface area (Å²) in [5, 5.41) is 0. The van der Waals surface area contributed by atoms with Crippen molar-refractivity contribution >= 4 is 5.97 Å². The summed E-state index contributed by atoms with van der Waals surface area (Å²) < 4.78 is 49.3. The Morgan fingerprint density at radius 3 is 0.857 bits per heavy atom. The summed E-state index contributed by atoms with van der Waals surface area (Å²) in [4.78, 5) is 11.6. The molecule has 10 nitrogen and oxygen atoms in total. The van der Waals surface area contributed by atoms with Gasteiger partial charge in [0.1, 0.15) is 6.61 Å². The minimum Gasteiger partial charge on any atom is -0.463 e. The number of hydrogen-bond donors (Lipinski definition) is 0. The summed E-state index contributed by atoms with van der Waals surface area (Å²) in [7, 11) is 0. The Morgan fingerprint density at radius 2 is 0.531 bits per heavy atom. The van der Waals surface area contributed by atoms with E-state index in [0.717, 1.165) is 38.7 Å². The van der Waals surface area contributed by atoms with Gasteiger partial charge in [0.25, 0.3) is 0 Å². The highest BCUT2D eigenvalue weighted by molar-refractivity contribution is 5.69. The second-order valence-corrected chi connectivity index (χ2v) is 12.5. The largest absolute Gasteiger partial charge is 0.463 e. The molecular formula is C39H78O10. The minimum absolute atomic E-state index is 0.145. The molecule has 0 aliphatic rings. The van der Waals surface area contributed by atoms with Crippen molar-refractivity contribution in [1.29, 1.82) is 0 Å². The predicted molar refractivity (Wildman–Crippen MR) is 197 cm³/mol. The zero-order chi connectivity index (χ0) is 35.4. The van der Waals surface area contributed by atoms with Crippen LogP contribution in [0.15, 0.2) is 0 Å². The molecule has 0 aliphatic heterocycles. The number of rotatable bonds is 44. The number of esters is 1. The molecule has 0 amide bonds. The molecule has 0 unspecified atom stereocenters. The normalized spacial score (nSPS) is 11.5. The second kappa shape index (κ2) is 45.2. The number of hydrogen-bond acceptors (Lipinski definition) is 10. The van der Waals surface area contributed by atoms with Crippen molar-refractivity contribution in [2.75, 3.05) is 112 Å². The summed E-state index contributed by atoms with van der Waals surface area (Å²) in [6.07, 6.45) is 24.0. The van der Waals surface area contributed by atoms with Gasteiger partial charge in [0.05, 0.1) is 99.1 Å². The summed E-state index contributed by atoms with van der Waals surface area (Å²) in [6.45, 7) is 13.4. The van der Waals surface area contributed by atoms with Crippen LogP contribution in [-0.2, 0) is 47.4 Å². The van der Waals surface area contributed by atoms with Crippen molar-refractivity contribution in [3.8, 4) is 0 Å². The molecule has 0 saturated heterocycles. The van der Waals surface area contributed by atoms with Gasteiger partial charge in [-0.05, 0) is 12.8 Å². The monoisotopic (exact) mass is 707 g/mol. The lowest BCUT2D eigenvalue weighted by atomic mass is 10.0.